The van der Waals surface area contributed by atoms with Crippen molar-refractivity contribution in [3.8, 4) is 11.3 Å². The third-order valence-corrected chi connectivity index (χ3v) is 4.79. The zero-order valence-electron chi connectivity index (χ0n) is 15.3. The molecule has 0 saturated carbocycles. The third-order valence-electron chi connectivity index (χ3n) is 4.79. The van der Waals surface area contributed by atoms with Crippen molar-refractivity contribution in [3.05, 3.63) is 96.2 Å². The van der Waals surface area contributed by atoms with Gasteiger partial charge in [0.2, 0.25) is 0 Å². The predicted octanol–water partition coefficient (Wildman–Crippen LogP) is 5.53. The maximum absolute atomic E-state index is 12.0. The zero-order chi connectivity index (χ0) is 19.6. The monoisotopic (exact) mass is 380 g/mol. The SMILES string of the molecule is O=C1N=NC(c2ccc(Nc3ncc(-c4ccccc4)o3)cc2)=C2C=CC=CC12. The Morgan fingerprint density at radius 3 is 2.55 bits per heavy atom. The van der Waals surface area contributed by atoms with Gasteiger partial charge in [0.25, 0.3) is 11.9 Å². The molecule has 1 atom stereocenters. The molecule has 3 aromatic rings. The molecule has 2 aromatic carbocycles. The number of allylic oxidation sites excluding steroid dienone is 3. The van der Waals surface area contributed by atoms with E-state index in [1.54, 1.807) is 6.20 Å². The summed E-state index contributed by atoms with van der Waals surface area (Å²) < 4.78 is 5.78. The molecule has 0 bridgehead atoms. The number of nitrogens with zero attached hydrogens (tertiary/aromatic N) is 3. The van der Waals surface area contributed by atoms with Gasteiger partial charge in [-0.15, -0.1) is 10.2 Å². The Bertz CT molecular complexity index is 1190. The number of fused-ring (bicyclic) bond motifs is 1. The topological polar surface area (TPSA) is 79.9 Å². The lowest BCUT2D eigenvalue weighted by atomic mass is 9.89. The quantitative estimate of drug-likeness (QED) is 0.645. The van der Waals surface area contributed by atoms with Crippen LogP contribution in [0.1, 0.15) is 5.56 Å². The minimum atomic E-state index is -0.353. The summed E-state index contributed by atoms with van der Waals surface area (Å²) in [5, 5.41) is 11.1. The van der Waals surface area contributed by atoms with E-state index in [1.807, 2.05) is 78.9 Å². The van der Waals surface area contributed by atoms with E-state index >= 15 is 0 Å². The molecule has 0 saturated heterocycles. The van der Waals surface area contributed by atoms with E-state index in [0.717, 1.165) is 22.4 Å². The Morgan fingerprint density at radius 1 is 0.897 bits per heavy atom. The summed E-state index contributed by atoms with van der Waals surface area (Å²) in [5.74, 6) is 0.113. The van der Waals surface area contributed by atoms with Gasteiger partial charge < -0.3 is 9.73 Å². The van der Waals surface area contributed by atoms with Crippen LogP contribution in [-0.2, 0) is 4.79 Å². The number of aromatic nitrogens is 1. The van der Waals surface area contributed by atoms with Crippen molar-refractivity contribution in [2.24, 2.45) is 16.1 Å². The van der Waals surface area contributed by atoms with E-state index in [0.29, 0.717) is 17.5 Å². The molecular formula is C23H16N4O2. The number of hydrogen-bond donors (Lipinski definition) is 1. The summed E-state index contributed by atoms with van der Waals surface area (Å²) in [6.45, 7) is 0. The number of nitrogens with one attached hydrogen (secondary N) is 1. The first-order valence-electron chi connectivity index (χ1n) is 9.21. The summed E-state index contributed by atoms with van der Waals surface area (Å²) in [5.41, 5.74) is 4.28. The minimum Gasteiger partial charge on any atom is -0.423 e. The van der Waals surface area contributed by atoms with Crippen LogP contribution >= 0.6 is 0 Å². The van der Waals surface area contributed by atoms with E-state index in [-0.39, 0.29) is 11.8 Å². The maximum Gasteiger partial charge on any atom is 0.299 e. The summed E-state index contributed by atoms with van der Waals surface area (Å²) in [6, 6.07) is 17.9. The number of hydrogen-bond acceptors (Lipinski definition) is 5. The molecule has 1 unspecified atom stereocenters. The lowest BCUT2D eigenvalue weighted by Gasteiger charge is -2.19. The highest BCUT2D eigenvalue weighted by molar-refractivity contribution is 5.91. The van der Waals surface area contributed by atoms with Crippen LogP contribution in [0.5, 0.6) is 0 Å². The van der Waals surface area contributed by atoms with Crippen molar-refractivity contribution in [2.75, 3.05) is 5.32 Å². The number of rotatable bonds is 4. The second kappa shape index (κ2) is 7.16. The fraction of sp³-hybridized carbons (Fsp3) is 0.0435. The molecule has 6 heteroatoms. The van der Waals surface area contributed by atoms with Crippen molar-refractivity contribution in [3.63, 3.8) is 0 Å². The van der Waals surface area contributed by atoms with Gasteiger partial charge in [0.1, 0.15) is 0 Å². The van der Waals surface area contributed by atoms with E-state index in [9.17, 15) is 4.79 Å². The Hall–Kier alpha value is -4.06. The molecule has 29 heavy (non-hydrogen) atoms. The van der Waals surface area contributed by atoms with Gasteiger partial charge in [0.15, 0.2) is 5.76 Å². The molecule has 1 N–H and O–H groups in total. The summed E-state index contributed by atoms with van der Waals surface area (Å²) in [6.07, 6.45) is 9.22. The summed E-state index contributed by atoms with van der Waals surface area (Å²) in [7, 11) is 0. The molecule has 2 heterocycles. The lowest BCUT2D eigenvalue weighted by Crippen LogP contribution is -2.17. The van der Waals surface area contributed by atoms with E-state index in [4.69, 9.17) is 4.42 Å². The largest absolute Gasteiger partial charge is 0.423 e. The van der Waals surface area contributed by atoms with Crippen LogP contribution in [0, 0.1) is 5.92 Å². The van der Waals surface area contributed by atoms with Gasteiger partial charge in [0, 0.05) is 16.8 Å². The van der Waals surface area contributed by atoms with E-state index in [1.165, 1.54) is 0 Å². The smallest absolute Gasteiger partial charge is 0.299 e. The normalized spacial score (nSPS) is 17.5. The van der Waals surface area contributed by atoms with Crippen LogP contribution < -0.4 is 5.32 Å². The first-order valence-corrected chi connectivity index (χ1v) is 9.21. The summed E-state index contributed by atoms with van der Waals surface area (Å²) in [4.78, 5) is 16.2. The molecule has 0 spiro atoms. The fourth-order valence-electron chi connectivity index (χ4n) is 3.33. The van der Waals surface area contributed by atoms with Crippen molar-refractivity contribution in [2.45, 2.75) is 0 Å². The van der Waals surface area contributed by atoms with Crippen LogP contribution in [0.4, 0.5) is 11.7 Å². The second-order valence-corrected chi connectivity index (χ2v) is 6.66. The average molecular weight is 380 g/mol. The molecule has 1 aliphatic carbocycles. The van der Waals surface area contributed by atoms with Crippen molar-refractivity contribution < 1.29 is 9.21 Å². The lowest BCUT2D eigenvalue weighted by molar-refractivity contribution is -0.119. The first-order chi connectivity index (χ1) is 14.3. The van der Waals surface area contributed by atoms with Gasteiger partial charge in [0.05, 0.1) is 17.8 Å². The number of carbonyl (C=O) groups excluding carboxylic acids is 1. The highest BCUT2D eigenvalue weighted by Crippen LogP contribution is 2.34. The van der Waals surface area contributed by atoms with Crippen LogP contribution in [-0.4, -0.2) is 10.9 Å². The number of amides is 1. The van der Waals surface area contributed by atoms with Crippen LogP contribution in [0.2, 0.25) is 0 Å². The Morgan fingerprint density at radius 2 is 1.72 bits per heavy atom. The van der Waals surface area contributed by atoms with Gasteiger partial charge in [-0.2, -0.15) is 0 Å². The molecule has 1 aliphatic heterocycles. The Balaban J connectivity index is 1.37. The summed E-state index contributed by atoms with van der Waals surface area (Å²) >= 11 is 0. The van der Waals surface area contributed by atoms with Gasteiger partial charge >= 0.3 is 0 Å². The molecule has 0 radical (unpaired) electrons. The molecule has 0 fully saturated rings. The highest BCUT2D eigenvalue weighted by atomic mass is 16.4. The molecule has 6 nitrogen and oxygen atoms in total. The van der Waals surface area contributed by atoms with Gasteiger partial charge in [-0.25, -0.2) is 4.98 Å². The molecule has 140 valence electrons. The van der Waals surface area contributed by atoms with Crippen molar-refractivity contribution in [1.29, 1.82) is 0 Å². The maximum atomic E-state index is 12.0. The van der Waals surface area contributed by atoms with Crippen LogP contribution in [0.25, 0.3) is 17.0 Å². The van der Waals surface area contributed by atoms with Gasteiger partial charge in [-0.3, -0.25) is 4.79 Å². The number of oxazole rings is 1. The molecular weight excluding hydrogens is 364 g/mol. The second-order valence-electron chi connectivity index (χ2n) is 6.66. The fourth-order valence-corrected chi connectivity index (χ4v) is 3.33. The number of carbonyl (C=O) groups is 1. The van der Waals surface area contributed by atoms with E-state index < -0.39 is 0 Å². The third kappa shape index (κ3) is 3.32. The first kappa shape index (κ1) is 17.1. The standard InChI is InChI=1S/C23H16N4O2/c28-22-19-9-5-4-8-18(19)21(26-27-22)16-10-12-17(13-11-16)25-23-24-14-20(29-23)15-6-2-1-3-7-15/h1-14,19H,(H,24,25). The molecule has 5 rings (SSSR count). The van der Waals surface area contributed by atoms with Gasteiger partial charge in [-0.05, 0) is 17.7 Å². The number of benzene rings is 2. The average Bonchev–Trinajstić information content (AvgIpc) is 3.24. The molecule has 2 aliphatic rings. The van der Waals surface area contributed by atoms with Crippen LogP contribution in [0.15, 0.2) is 105 Å². The molecule has 1 amide bonds. The zero-order valence-corrected chi connectivity index (χ0v) is 15.3. The Labute approximate surface area is 167 Å². The highest BCUT2D eigenvalue weighted by Gasteiger charge is 2.27. The minimum absolute atomic E-state index is 0.235. The van der Waals surface area contributed by atoms with Crippen LogP contribution in [0.3, 0.4) is 0 Å². The molecule has 1 aromatic heterocycles. The number of anilines is 2. The van der Waals surface area contributed by atoms with Crippen molar-refractivity contribution in [1.82, 2.24) is 4.98 Å². The van der Waals surface area contributed by atoms with Crippen molar-refractivity contribution >= 4 is 23.3 Å². The predicted molar refractivity (Wildman–Crippen MR) is 110 cm³/mol. The Kier molecular flexibility index (Phi) is 4.22. The number of azo groups is 1. The van der Waals surface area contributed by atoms with E-state index in [2.05, 4.69) is 20.5 Å². The van der Waals surface area contributed by atoms with Gasteiger partial charge in [-0.1, -0.05) is 66.8 Å².